The van der Waals surface area contributed by atoms with E-state index in [9.17, 15) is 4.79 Å². The van der Waals surface area contributed by atoms with Gasteiger partial charge in [-0.2, -0.15) is 0 Å². The number of benzene rings is 1. The molecule has 2 aliphatic carbocycles. The smallest absolute Gasteiger partial charge is 0.162 e. The van der Waals surface area contributed by atoms with E-state index in [2.05, 4.69) is 0 Å². The SMILES string of the molecule is O=C1C[C@@H]2CCC[C@@H]2[C@@H]1OCc1ccccc1. The summed E-state index contributed by atoms with van der Waals surface area (Å²) in [7, 11) is 0. The van der Waals surface area contributed by atoms with E-state index in [1.165, 1.54) is 19.3 Å². The summed E-state index contributed by atoms with van der Waals surface area (Å²) in [5.41, 5.74) is 1.15. The molecule has 2 fully saturated rings. The maximum absolute atomic E-state index is 11.9. The number of hydrogen-bond acceptors (Lipinski definition) is 2. The molecule has 2 aliphatic rings. The molecule has 0 saturated heterocycles. The van der Waals surface area contributed by atoms with Gasteiger partial charge in [0.05, 0.1) is 6.61 Å². The van der Waals surface area contributed by atoms with E-state index in [0.717, 1.165) is 12.0 Å². The highest BCUT2D eigenvalue weighted by molar-refractivity contribution is 5.86. The van der Waals surface area contributed by atoms with Crippen LogP contribution in [0.25, 0.3) is 0 Å². The second-order valence-corrected chi connectivity index (χ2v) is 5.24. The minimum Gasteiger partial charge on any atom is -0.365 e. The third kappa shape index (κ3) is 2.14. The Hall–Kier alpha value is -1.15. The molecule has 0 amide bonds. The van der Waals surface area contributed by atoms with Crippen LogP contribution in [0.3, 0.4) is 0 Å². The van der Waals surface area contributed by atoms with Crippen molar-refractivity contribution in [3.05, 3.63) is 35.9 Å². The second-order valence-electron chi connectivity index (χ2n) is 5.24. The average molecular weight is 230 g/mol. The topological polar surface area (TPSA) is 26.3 Å². The second kappa shape index (κ2) is 4.61. The molecule has 2 heteroatoms. The molecule has 0 radical (unpaired) electrons. The average Bonchev–Trinajstić information content (AvgIpc) is 2.89. The van der Waals surface area contributed by atoms with Crippen LogP contribution >= 0.6 is 0 Å². The van der Waals surface area contributed by atoms with E-state index in [1.54, 1.807) is 0 Å². The van der Waals surface area contributed by atoms with Crippen molar-refractivity contribution in [3.8, 4) is 0 Å². The lowest BCUT2D eigenvalue weighted by Gasteiger charge is -2.17. The zero-order chi connectivity index (χ0) is 11.7. The molecule has 0 aromatic heterocycles. The molecule has 3 atom stereocenters. The van der Waals surface area contributed by atoms with Gasteiger partial charge >= 0.3 is 0 Å². The Labute approximate surface area is 102 Å². The zero-order valence-corrected chi connectivity index (χ0v) is 9.97. The molecule has 0 N–H and O–H groups in total. The predicted octanol–water partition coefficient (Wildman–Crippen LogP) is 2.96. The minimum absolute atomic E-state index is 0.122. The molecule has 0 bridgehead atoms. The van der Waals surface area contributed by atoms with Crippen molar-refractivity contribution in [1.82, 2.24) is 0 Å². The maximum atomic E-state index is 11.9. The van der Waals surface area contributed by atoms with Gasteiger partial charge in [0.2, 0.25) is 0 Å². The number of carbonyl (C=O) groups excluding carboxylic acids is 1. The Kier molecular flexibility index (Phi) is 2.98. The van der Waals surface area contributed by atoms with Crippen LogP contribution in [0.4, 0.5) is 0 Å². The molecule has 0 unspecified atom stereocenters. The maximum Gasteiger partial charge on any atom is 0.162 e. The summed E-state index contributed by atoms with van der Waals surface area (Å²) in [5, 5.41) is 0. The van der Waals surface area contributed by atoms with Crippen molar-refractivity contribution in [2.75, 3.05) is 0 Å². The highest BCUT2D eigenvalue weighted by atomic mass is 16.5. The first-order valence-corrected chi connectivity index (χ1v) is 6.53. The van der Waals surface area contributed by atoms with E-state index >= 15 is 0 Å². The largest absolute Gasteiger partial charge is 0.365 e. The lowest BCUT2D eigenvalue weighted by Crippen LogP contribution is -2.25. The molecular weight excluding hydrogens is 212 g/mol. The quantitative estimate of drug-likeness (QED) is 0.798. The fraction of sp³-hybridized carbons (Fsp3) is 0.533. The lowest BCUT2D eigenvalue weighted by atomic mass is 9.99. The van der Waals surface area contributed by atoms with Gasteiger partial charge < -0.3 is 4.74 Å². The van der Waals surface area contributed by atoms with Crippen molar-refractivity contribution in [1.29, 1.82) is 0 Å². The van der Waals surface area contributed by atoms with Gasteiger partial charge in [0.25, 0.3) is 0 Å². The van der Waals surface area contributed by atoms with Crippen LogP contribution < -0.4 is 0 Å². The fourth-order valence-electron chi connectivity index (χ4n) is 3.31. The molecule has 0 aliphatic heterocycles. The van der Waals surface area contributed by atoms with Crippen molar-refractivity contribution in [2.45, 2.75) is 38.4 Å². The van der Waals surface area contributed by atoms with Gasteiger partial charge in [0.15, 0.2) is 5.78 Å². The molecular formula is C15H18O2. The summed E-state index contributed by atoms with van der Waals surface area (Å²) in [5.74, 6) is 1.45. The Morgan fingerprint density at radius 2 is 2.00 bits per heavy atom. The standard InChI is InChI=1S/C15H18O2/c16-14-9-12-7-4-8-13(12)15(14)17-10-11-5-2-1-3-6-11/h1-3,5-6,12-13,15H,4,7-10H2/t12-,13-,15-/m0/s1. The van der Waals surface area contributed by atoms with Gasteiger partial charge in [-0.25, -0.2) is 0 Å². The first-order chi connectivity index (χ1) is 8.34. The number of hydrogen-bond donors (Lipinski definition) is 0. The zero-order valence-electron chi connectivity index (χ0n) is 9.97. The van der Waals surface area contributed by atoms with Crippen LogP contribution in [0.5, 0.6) is 0 Å². The summed E-state index contributed by atoms with van der Waals surface area (Å²) < 4.78 is 5.87. The van der Waals surface area contributed by atoms with Crippen molar-refractivity contribution in [2.24, 2.45) is 11.8 Å². The molecule has 0 heterocycles. The van der Waals surface area contributed by atoms with Gasteiger partial charge in [-0.15, -0.1) is 0 Å². The van der Waals surface area contributed by atoms with Crippen LogP contribution in [-0.2, 0) is 16.1 Å². The van der Waals surface area contributed by atoms with Crippen LogP contribution in [0.2, 0.25) is 0 Å². The third-order valence-electron chi connectivity index (χ3n) is 4.16. The minimum atomic E-state index is -0.122. The van der Waals surface area contributed by atoms with Crippen LogP contribution in [0.15, 0.2) is 30.3 Å². The molecule has 90 valence electrons. The molecule has 1 aromatic rings. The van der Waals surface area contributed by atoms with Crippen LogP contribution in [-0.4, -0.2) is 11.9 Å². The highest BCUT2D eigenvalue weighted by Crippen LogP contribution is 2.43. The van der Waals surface area contributed by atoms with Crippen molar-refractivity contribution >= 4 is 5.78 Å². The highest BCUT2D eigenvalue weighted by Gasteiger charge is 2.45. The van der Waals surface area contributed by atoms with Gasteiger partial charge in [0.1, 0.15) is 6.10 Å². The number of ether oxygens (including phenoxy) is 1. The van der Waals surface area contributed by atoms with Crippen LogP contribution in [0.1, 0.15) is 31.2 Å². The summed E-state index contributed by atoms with van der Waals surface area (Å²) in [4.78, 5) is 11.9. The molecule has 2 saturated carbocycles. The number of ketones is 1. The Morgan fingerprint density at radius 3 is 2.82 bits per heavy atom. The molecule has 17 heavy (non-hydrogen) atoms. The summed E-state index contributed by atoms with van der Waals surface area (Å²) in [6.07, 6.45) is 4.30. The van der Waals surface area contributed by atoms with Gasteiger partial charge in [-0.05, 0) is 30.2 Å². The Morgan fingerprint density at radius 1 is 1.18 bits per heavy atom. The van der Waals surface area contributed by atoms with Gasteiger partial charge in [0, 0.05) is 6.42 Å². The fourth-order valence-corrected chi connectivity index (χ4v) is 3.31. The monoisotopic (exact) mass is 230 g/mol. The number of fused-ring (bicyclic) bond motifs is 1. The van der Waals surface area contributed by atoms with Crippen LogP contribution in [0, 0.1) is 11.8 Å². The van der Waals surface area contributed by atoms with Gasteiger partial charge in [-0.3, -0.25) is 4.79 Å². The van der Waals surface area contributed by atoms with E-state index in [1.807, 2.05) is 30.3 Å². The van der Waals surface area contributed by atoms with E-state index < -0.39 is 0 Å². The van der Waals surface area contributed by atoms with E-state index in [0.29, 0.717) is 24.2 Å². The predicted molar refractivity (Wildman–Crippen MR) is 65.5 cm³/mol. The summed E-state index contributed by atoms with van der Waals surface area (Å²) in [6, 6.07) is 10.1. The van der Waals surface area contributed by atoms with Crippen molar-refractivity contribution in [3.63, 3.8) is 0 Å². The van der Waals surface area contributed by atoms with Gasteiger partial charge in [-0.1, -0.05) is 36.8 Å². The summed E-state index contributed by atoms with van der Waals surface area (Å²) >= 11 is 0. The number of rotatable bonds is 3. The first kappa shape index (κ1) is 11.0. The third-order valence-corrected chi connectivity index (χ3v) is 4.16. The summed E-state index contributed by atoms with van der Waals surface area (Å²) in [6.45, 7) is 0.570. The molecule has 1 aromatic carbocycles. The normalized spacial score (nSPS) is 31.8. The molecule has 0 spiro atoms. The Bertz CT molecular complexity index is 399. The molecule has 2 nitrogen and oxygen atoms in total. The van der Waals surface area contributed by atoms with Crippen molar-refractivity contribution < 1.29 is 9.53 Å². The number of carbonyl (C=O) groups is 1. The van der Waals surface area contributed by atoms with E-state index in [4.69, 9.17) is 4.74 Å². The van der Waals surface area contributed by atoms with E-state index in [-0.39, 0.29) is 6.10 Å². The Balaban J connectivity index is 1.63. The first-order valence-electron chi connectivity index (χ1n) is 6.53. The lowest BCUT2D eigenvalue weighted by molar-refractivity contribution is -0.130. The molecule has 3 rings (SSSR count). The number of Topliss-reactive ketones (excluding diaryl/α,β-unsaturated/α-hetero) is 1.